The van der Waals surface area contributed by atoms with Crippen molar-refractivity contribution >= 4 is 20.0 Å². The first-order chi connectivity index (χ1) is 18.1. The van der Waals surface area contributed by atoms with Crippen molar-refractivity contribution in [3.63, 3.8) is 0 Å². The van der Waals surface area contributed by atoms with Crippen molar-refractivity contribution in [2.45, 2.75) is 71.0 Å². The summed E-state index contributed by atoms with van der Waals surface area (Å²) in [6.07, 6.45) is 0.585. The van der Waals surface area contributed by atoms with E-state index in [1.807, 2.05) is 64.3 Å². The number of hydrogen-bond donors (Lipinski definition) is 1. The van der Waals surface area contributed by atoms with Crippen LogP contribution < -0.4 is 10.1 Å². The summed E-state index contributed by atoms with van der Waals surface area (Å²) < 4.78 is 54.7. The number of ether oxygens (including phenoxy) is 1. The largest absolute Gasteiger partial charge is 0.478 e. The van der Waals surface area contributed by atoms with Crippen molar-refractivity contribution in [3.05, 3.63) is 48.4 Å². The van der Waals surface area contributed by atoms with E-state index in [2.05, 4.69) is 15.3 Å². The number of alkyl halides is 3. The summed E-state index contributed by atoms with van der Waals surface area (Å²) in [5, 5.41) is 1.92. The predicted molar refractivity (Wildman–Crippen MR) is 147 cm³/mol. The van der Waals surface area contributed by atoms with Gasteiger partial charge in [0.2, 0.25) is 0 Å². The van der Waals surface area contributed by atoms with E-state index in [-0.39, 0.29) is 11.6 Å². The highest BCUT2D eigenvalue weighted by molar-refractivity contribution is 6.74. The predicted octanol–water partition coefficient (Wildman–Crippen LogP) is 6.45. The fraction of sp³-hybridized carbons (Fsp3) is 0.519. The number of halogens is 3. The van der Waals surface area contributed by atoms with Crippen molar-refractivity contribution in [2.75, 3.05) is 20.3 Å². The van der Waals surface area contributed by atoms with E-state index in [1.54, 1.807) is 30.6 Å². The zero-order valence-corrected chi connectivity index (χ0v) is 24.8. The molecule has 2 aromatic heterocycles. The zero-order valence-electron chi connectivity index (χ0n) is 23.8. The Morgan fingerprint density at radius 2 is 1.92 bits per heavy atom. The van der Waals surface area contributed by atoms with Gasteiger partial charge in [0.05, 0.1) is 25.5 Å². The fourth-order valence-corrected chi connectivity index (χ4v) is 4.88. The molecule has 3 rings (SSSR count). The maximum atomic E-state index is 13.9. The molecule has 2 amide bonds. The summed E-state index contributed by atoms with van der Waals surface area (Å²) in [4.78, 5) is 23.3. The Labute approximate surface area is 228 Å². The maximum absolute atomic E-state index is 13.9. The second kappa shape index (κ2) is 11.5. The van der Waals surface area contributed by atoms with Gasteiger partial charge < -0.3 is 23.8 Å². The van der Waals surface area contributed by atoms with E-state index >= 15 is 0 Å². The number of rotatable bonds is 9. The van der Waals surface area contributed by atoms with Gasteiger partial charge in [-0.05, 0) is 43.6 Å². The Bertz CT molecular complexity index is 1290. The number of aromatic nitrogens is 3. The molecular formula is C27H38F3N5O3Si. The summed E-state index contributed by atoms with van der Waals surface area (Å²) in [7, 11) is -0.935. The standard InChI is InChI=1S/C27H38F3N5O3Si/c1-9-35(25(36)33-22(27(28,29)30)17-38-39(7,8)26(3,4)5)18(2)19-11-10-12-20(15-19)21-16-34-14-13-31-23(34)24(32-21)37-6/h10-16,18,22H,9,17H2,1-8H3,(H,33,36)/t18-,22?/m1/s1. The van der Waals surface area contributed by atoms with Crippen molar-refractivity contribution in [2.24, 2.45) is 0 Å². The average Bonchev–Trinajstić information content (AvgIpc) is 3.34. The summed E-state index contributed by atoms with van der Waals surface area (Å²) >= 11 is 0. The summed E-state index contributed by atoms with van der Waals surface area (Å²) in [6.45, 7) is 12.7. The second-order valence-corrected chi connectivity index (χ2v) is 15.8. The number of carbonyl (C=O) groups excluding carboxylic acids is 1. The third-order valence-corrected chi connectivity index (χ3v) is 11.9. The van der Waals surface area contributed by atoms with Crippen LogP contribution in [-0.4, -0.2) is 66.1 Å². The zero-order chi connectivity index (χ0) is 29.2. The van der Waals surface area contributed by atoms with Crippen LogP contribution in [-0.2, 0) is 4.43 Å². The number of nitrogens with zero attached hydrogens (tertiary/aromatic N) is 4. The lowest BCUT2D eigenvalue weighted by Crippen LogP contribution is -2.55. The van der Waals surface area contributed by atoms with Crippen LogP contribution in [0.15, 0.2) is 42.9 Å². The molecule has 0 spiro atoms. The van der Waals surface area contributed by atoms with Gasteiger partial charge in [-0.2, -0.15) is 13.2 Å². The van der Waals surface area contributed by atoms with Gasteiger partial charge in [0.15, 0.2) is 14.0 Å². The molecule has 2 heterocycles. The number of fused-ring (bicyclic) bond motifs is 1. The van der Waals surface area contributed by atoms with E-state index < -0.39 is 39.2 Å². The molecule has 0 saturated heterocycles. The quantitative estimate of drug-likeness (QED) is 0.302. The minimum atomic E-state index is -4.66. The maximum Gasteiger partial charge on any atom is 0.410 e. The Hall–Kier alpha value is -3.12. The monoisotopic (exact) mass is 565 g/mol. The molecule has 0 bridgehead atoms. The molecule has 8 nitrogen and oxygen atoms in total. The number of amides is 2. The van der Waals surface area contributed by atoms with Crippen molar-refractivity contribution in [3.8, 4) is 17.1 Å². The third kappa shape index (κ3) is 6.91. The number of methoxy groups -OCH3 is 1. The van der Waals surface area contributed by atoms with E-state index in [4.69, 9.17) is 9.16 Å². The number of nitrogens with one attached hydrogen (secondary N) is 1. The minimum absolute atomic E-state index is 0.206. The highest BCUT2D eigenvalue weighted by atomic mass is 28.4. The highest BCUT2D eigenvalue weighted by Crippen LogP contribution is 2.37. The molecule has 0 fully saturated rings. The molecule has 0 saturated carbocycles. The van der Waals surface area contributed by atoms with Crippen LogP contribution >= 0.6 is 0 Å². The van der Waals surface area contributed by atoms with Crippen LogP contribution in [0.25, 0.3) is 16.9 Å². The average molecular weight is 566 g/mol. The Morgan fingerprint density at radius 3 is 2.51 bits per heavy atom. The molecule has 39 heavy (non-hydrogen) atoms. The first kappa shape index (κ1) is 30.4. The topological polar surface area (TPSA) is 81.0 Å². The van der Waals surface area contributed by atoms with E-state index in [0.29, 0.717) is 17.2 Å². The fourth-order valence-electron chi connectivity index (χ4n) is 3.87. The lowest BCUT2D eigenvalue weighted by molar-refractivity contribution is -0.160. The minimum Gasteiger partial charge on any atom is -0.478 e. The number of imidazole rings is 1. The number of urea groups is 1. The molecule has 12 heteroatoms. The van der Waals surface area contributed by atoms with Crippen LogP contribution in [0.3, 0.4) is 0 Å². The van der Waals surface area contributed by atoms with Gasteiger partial charge in [0.25, 0.3) is 5.88 Å². The van der Waals surface area contributed by atoms with Gasteiger partial charge in [-0.25, -0.2) is 14.8 Å². The van der Waals surface area contributed by atoms with Crippen LogP contribution in [0.1, 0.15) is 46.2 Å². The van der Waals surface area contributed by atoms with Crippen LogP contribution in [0.4, 0.5) is 18.0 Å². The van der Waals surface area contributed by atoms with Gasteiger partial charge in [-0.3, -0.25) is 0 Å². The molecule has 3 aromatic rings. The molecule has 1 unspecified atom stereocenters. The smallest absolute Gasteiger partial charge is 0.410 e. The second-order valence-electron chi connectivity index (χ2n) is 11.0. The molecular weight excluding hydrogens is 527 g/mol. The molecule has 214 valence electrons. The molecule has 2 atom stereocenters. The van der Waals surface area contributed by atoms with Crippen molar-refractivity contribution < 1.29 is 27.1 Å². The van der Waals surface area contributed by atoms with Crippen LogP contribution in [0.2, 0.25) is 18.1 Å². The summed E-state index contributed by atoms with van der Waals surface area (Å²) in [5.74, 6) is 0.364. The van der Waals surface area contributed by atoms with Gasteiger partial charge in [-0.15, -0.1) is 0 Å². The number of carbonyl (C=O) groups is 1. The van der Waals surface area contributed by atoms with E-state index in [1.165, 1.54) is 12.0 Å². The van der Waals surface area contributed by atoms with Crippen LogP contribution in [0, 0.1) is 0 Å². The Balaban J connectivity index is 1.82. The van der Waals surface area contributed by atoms with E-state index in [9.17, 15) is 18.0 Å². The Morgan fingerprint density at radius 1 is 1.23 bits per heavy atom. The molecule has 1 N–H and O–H groups in total. The van der Waals surface area contributed by atoms with Crippen molar-refractivity contribution in [1.29, 1.82) is 0 Å². The first-order valence-electron chi connectivity index (χ1n) is 12.8. The lowest BCUT2D eigenvalue weighted by Gasteiger charge is -2.38. The SMILES string of the molecule is CCN(C(=O)NC(CO[Si](C)(C)C(C)(C)C)C(F)(F)F)[C@H](C)c1cccc(-c2cn3ccnc3c(OC)n2)c1. The van der Waals surface area contributed by atoms with E-state index in [0.717, 1.165) is 11.1 Å². The molecule has 0 aliphatic rings. The van der Waals surface area contributed by atoms with Gasteiger partial charge in [0, 0.05) is 30.7 Å². The Kier molecular flexibility index (Phi) is 9.01. The lowest BCUT2D eigenvalue weighted by atomic mass is 10.0. The summed E-state index contributed by atoms with van der Waals surface area (Å²) in [5.41, 5.74) is 2.72. The summed E-state index contributed by atoms with van der Waals surface area (Å²) in [6, 6.07) is 3.96. The molecule has 1 aromatic carbocycles. The number of benzene rings is 1. The third-order valence-electron chi connectivity index (χ3n) is 7.38. The van der Waals surface area contributed by atoms with Crippen LogP contribution in [0.5, 0.6) is 5.88 Å². The highest BCUT2D eigenvalue weighted by Gasteiger charge is 2.45. The van der Waals surface area contributed by atoms with Gasteiger partial charge in [0.1, 0.15) is 6.04 Å². The molecule has 0 aliphatic carbocycles. The van der Waals surface area contributed by atoms with Gasteiger partial charge in [-0.1, -0.05) is 39.0 Å². The van der Waals surface area contributed by atoms with Gasteiger partial charge >= 0.3 is 12.2 Å². The normalized spacial score (nSPS) is 14.2. The number of hydrogen-bond acceptors (Lipinski definition) is 5. The first-order valence-corrected chi connectivity index (χ1v) is 15.8. The molecule has 0 radical (unpaired) electrons. The van der Waals surface area contributed by atoms with Crippen molar-refractivity contribution in [1.82, 2.24) is 24.6 Å². The molecule has 0 aliphatic heterocycles.